The summed E-state index contributed by atoms with van der Waals surface area (Å²) >= 11 is 0. The second kappa shape index (κ2) is 19.0. The summed E-state index contributed by atoms with van der Waals surface area (Å²) in [5.41, 5.74) is -12.6. The Morgan fingerprint density at radius 1 is 0.456 bits per heavy atom. The van der Waals surface area contributed by atoms with Crippen molar-refractivity contribution in [1.82, 2.24) is 4.98 Å². The number of hydrogen-bond acceptors (Lipinski definition) is 3. The van der Waals surface area contributed by atoms with Gasteiger partial charge in [0.05, 0.1) is 6.20 Å². The minimum atomic E-state index is -7.22. The number of aromatic nitrogens is 2. The third kappa shape index (κ3) is 8.22. The van der Waals surface area contributed by atoms with Gasteiger partial charge in [0.15, 0.2) is 76.0 Å². The number of ether oxygens (including phenoxy) is 1. The van der Waals surface area contributed by atoms with Gasteiger partial charge in [0.1, 0.15) is 58.4 Å². The fourth-order valence-corrected chi connectivity index (χ4v) is 7.10. The first-order valence-electron chi connectivity index (χ1n) is 18.3. The zero-order chi connectivity index (χ0) is 50.4. The summed E-state index contributed by atoms with van der Waals surface area (Å²) in [5.74, 6) is -70.1. The summed E-state index contributed by atoms with van der Waals surface area (Å²) in [5, 5.41) is 0. The Balaban J connectivity index is 0.000000276. The average molecular weight is 984 g/mol. The van der Waals surface area contributed by atoms with Crippen molar-refractivity contribution < 1.29 is 102 Å². The number of halogens is 20. The third-order valence-electron chi connectivity index (χ3n) is 10.2. The largest absolute Gasteiger partial charge is 0.434 e. The number of Topliss-reactive ketones (excluding diaryl/α,β-unsaturated/α-hetero) is 1. The minimum absolute atomic E-state index is 0.0450. The first-order chi connectivity index (χ1) is 31.9. The number of carbonyl (C=O) groups is 1. The van der Waals surface area contributed by atoms with E-state index in [0.29, 0.717) is 11.4 Å². The fraction of sp³-hybridized carbons (Fsp3) is 0.0465. The summed E-state index contributed by atoms with van der Waals surface area (Å²) in [6, 6.07) is 17.0. The molecular weight excluding hydrogens is 967 g/mol. The van der Waals surface area contributed by atoms with Crippen LogP contribution in [0.1, 0.15) is 15.9 Å². The standard InChI is InChI=1S/C24BF20.C19H17N2O2/c26-5-1(6(27)14(35)21(42)13(5)34)25(2-7(28)15(36)22(43)16(37)8(2)29,3-9(30)17(38)23(44)18(39)10(3)31)4-11(32)19(40)24(45)20(41)12(4)33;1-15-7-5-6-10-18(15)23-19-14-21(12-11-20-19)13-17(22)16-8-3-2-4-9-16/h;2-12,14H,13H2,1H3/q-1;+1. The van der Waals surface area contributed by atoms with Gasteiger partial charge >= 0.3 is 0 Å². The molecule has 0 amide bonds. The number of aryl methyl sites for hydroxylation is 1. The lowest BCUT2D eigenvalue weighted by Gasteiger charge is -2.44. The Hall–Kier alpha value is -7.47. The van der Waals surface area contributed by atoms with Crippen molar-refractivity contribution in [2.45, 2.75) is 13.5 Å². The van der Waals surface area contributed by atoms with Gasteiger partial charge in [0.25, 0.3) is 5.88 Å². The highest BCUT2D eigenvalue weighted by Crippen LogP contribution is 2.31. The summed E-state index contributed by atoms with van der Waals surface area (Å²) in [6.07, 6.45) is -2.10. The molecule has 0 saturated carbocycles. The molecule has 7 aromatic rings. The van der Waals surface area contributed by atoms with Crippen LogP contribution in [-0.2, 0) is 6.54 Å². The number of nitrogens with zero attached hydrogens (tertiary/aromatic N) is 2. The van der Waals surface area contributed by atoms with E-state index in [0.717, 1.165) is 11.3 Å². The van der Waals surface area contributed by atoms with Crippen molar-refractivity contribution >= 4 is 33.8 Å². The van der Waals surface area contributed by atoms with E-state index in [1.54, 1.807) is 23.2 Å². The van der Waals surface area contributed by atoms with E-state index in [4.69, 9.17) is 4.74 Å². The molecule has 1 aromatic heterocycles. The van der Waals surface area contributed by atoms with Crippen molar-refractivity contribution in [3.05, 3.63) is 201 Å². The molecule has 0 aliphatic carbocycles. The molecule has 0 bridgehead atoms. The summed E-state index contributed by atoms with van der Waals surface area (Å²) in [7, 11) is 0. The van der Waals surface area contributed by atoms with Crippen LogP contribution in [0.5, 0.6) is 11.6 Å². The average Bonchev–Trinajstić information content (AvgIpc) is 3.32. The van der Waals surface area contributed by atoms with Crippen LogP contribution >= 0.6 is 0 Å². The predicted octanol–water partition coefficient (Wildman–Crippen LogP) is 9.20. The highest BCUT2D eigenvalue weighted by Gasteiger charge is 2.52. The minimum Gasteiger partial charge on any atom is -0.434 e. The van der Waals surface area contributed by atoms with Crippen molar-refractivity contribution in [3.8, 4) is 11.6 Å². The van der Waals surface area contributed by atoms with Gasteiger partial charge in [-0.1, -0.05) is 48.5 Å². The van der Waals surface area contributed by atoms with E-state index in [1.165, 1.54) is 0 Å². The van der Waals surface area contributed by atoms with Crippen LogP contribution in [0.3, 0.4) is 0 Å². The molecule has 354 valence electrons. The van der Waals surface area contributed by atoms with Gasteiger partial charge in [0.2, 0.25) is 18.5 Å². The molecule has 0 aliphatic rings. The second-order valence-corrected chi connectivity index (χ2v) is 14.0. The van der Waals surface area contributed by atoms with Gasteiger partial charge in [-0.25, -0.2) is 92.8 Å². The van der Waals surface area contributed by atoms with Crippen LogP contribution in [0.2, 0.25) is 0 Å². The molecule has 0 radical (unpaired) electrons. The number of carbonyl (C=O) groups excluding carboxylic acids is 1. The molecule has 7 rings (SSSR count). The Morgan fingerprint density at radius 3 is 1.10 bits per heavy atom. The molecule has 0 atom stereocenters. The first kappa shape index (κ1) is 50.0. The maximum Gasteiger partial charge on any atom is 0.285 e. The van der Waals surface area contributed by atoms with Gasteiger partial charge in [-0.3, -0.25) is 4.79 Å². The van der Waals surface area contributed by atoms with Crippen molar-refractivity contribution in [2.75, 3.05) is 0 Å². The first-order valence-corrected chi connectivity index (χ1v) is 18.3. The number of ketones is 1. The SMILES string of the molecule is Cc1ccccc1Oc1c[n+](CC(=O)c2ccccc2)ccn1.Fc1c(F)c(F)c([B-](c2c(F)c(F)c(F)c(F)c2F)(c2c(F)c(F)c(F)c(F)c2F)c2c(F)c(F)c(F)c(F)c2F)c(F)c1F. The molecule has 6 aromatic carbocycles. The lowest BCUT2D eigenvalue weighted by atomic mass is 9.12. The fourth-order valence-electron chi connectivity index (χ4n) is 7.10. The smallest absolute Gasteiger partial charge is 0.285 e. The zero-order valence-electron chi connectivity index (χ0n) is 33.0. The maximum atomic E-state index is 15.4. The Bertz CT molecular complexity index is 2790. The summed E-state index contributed by atoms with van der Waals surface area (Å²) < 4.78 is 302. The zero-order valence-corrected chi connectivity index (χ0v) is 33.0. The second-order valence-electron chi connectivity index (χ2n) is 14.0. The lowest BCUT2D eigenvalue weighted by Crippen LogP contribution is -2.81. The molecule has 0 saturated heterocycles. The lowest BCUT2D eigenvalue weighted by molar-refractivity contribution is -0.683. The number of benzene rings is 6. The van der Waals surface area contributed by atoms with E-state index in [1.807, 2.05) is 61.5 Å². The number of hydrogen-bond donors (Lipinski definition) is 0. The quantitative estimate of drug-likeness (QED) is 0.0362. The normalized spacial score (nSPS) is 11.4. The van der Waals surface area contributed by atoms with Crippen LogP contribution in [0.15, 0.2) is 73.2 Å². The number of para-hydroxylation sites is 1. The molecule has 0 fully saturated rings. The monoisotopic (exact) mass is 984 g/mol. The molecule has 25 heteroatoms. The Labute approximate surface area is 366 Å². The summed E-state index contributed by atoms with van der Waals surface area (Å²) in [6.45, 7) is 2.22. The van der Waals surface area contributed by atoms with Gasteiger partial charge < -0.3 is 4.74 Å². The highest BCUT2D eigenvalue weighted by atomic mass is 19.2. The van der Waals surface area contributed by atoms with E-state index in [2.05, 4.69) is 4.98 Å². The van der Waals surface area contributed by atoms with E-state index >= 15 is 35.1 Å². The highest BCUT2D eigenvalue weighted by molar-refractivity contribution is 7.20. The van der Waals surface area contributed by atoms with Crippen LogP contribution in [0.25, 0.3) is 0 Å². The molecule has 4 nitrogen and oxygen atoms in total. The Morgan fingerprint density at radius 2 is 0.765 bits per heavy atom. The van der Waals surface area contributed by atoms with Crippen LogP contribution in [0.4, 0.5) is 87.8 Å². The van der Waals surface area contributed by atoms with E-state index < -0.39 is 144 Å². The number of rotatable bonds is 9. The predicted molar refractivity (Wildman–Crippen MR) is 196 cm³/mol. The summed E-state index contributed by atoms with van der Waals surface area (Å²) in [4.78, 5) is 16.5. The third-order valence-corrected chi connectivity index (χ3v) is 10.2. The van der Waals surface area contributed by atoms with Gasteiger partial charge in [-0.15, -0.1) is 21.9 Å². The van der Waals surface area contributed by atoms with Crippen molar-refractivity contribution in [3.63, 3.8) is 0 Å². The van der Waals surface area contributed by atoms with Crippen molar-refractivity contribution in [2.24, 2.45) is 0 Å². The van der Waals surface area contributed by atoms with Crippen LogP contribution in [-0.4, -0.2) is 16.9 Å². The van der Waals surface area contributed by atoms with Crippen LogP contribution < -0.4 is 31.2 Å². The molecule has 0 N–H and O–H groups in total. The molecule has 68 heavy (non-hydrogen) atoms. The molecule has 0 aliphatic heterocycles. The van der Waals surface area contributed by atoms with Gasteiger partial charge in [-0.2, -0.15) is 4.57 Å². The van der Waals surface area contributed by atoms with Crippen molar-refractivity contribution in [1.29, 1.82) is 0 Å². The van der Waals surface area contributed by atoms with E-state index in [-0.39, 0.29) is 12.3 Å². The molecule has 1 heterocycles. The molecule has 0 unspecified atom stereocenters. The molecular formula is C43H17BF20N2O2. The maximum absolute atomic E-state index is 15.4. The van der Waals surface area contributed by atoms with Gasteiger partial charge in [0, 0.05) is 5.56 Å². The van der Waals surface area contributed by atoms with Crippen LogP contribution in [0, 0.1) is 123 Å². The van der Waals surface area contributed by atoms with Gasteiger partial charge in [-0.05, 0) is 18.6 Å². The topological polar surface area (TPSA) is 43.1 Å². The van der Waals surface area contributed by atoms with E-state index in [9.17, 15) is 57.5 Å². The molecule has 0 spiro atoms. The Kier molecular flexibility index (Phi) is 14.0.